The van der Waals surface area contributed by atoms with E-state index >= 15 is 0 Å². The SMILES string of the molecule is CCC(C(=O)c1cc(C)ccc1F)c1ccccc1. The minimum atomic E-state index is -0.440. The Balaban J connectivity index is 2.39. The first-order valence-corrected chi connectivity index (χ1v) is 6.48. The smallest absolute Gasteiger partial charge is 0.173 e. The van der Waals surface area contributed by atoms with Gasteiger partial charge in [-0.25, -0.2) is 4.39 Å². The molecule has 0 aliphatic heterocycles. The predicted octanol–water partition coefficient (Wildman–Crippen LogP) is 4.51. The van der Waals surface area contributed by atoms with Gasteiger partial charge in [0.05, 0.1) is 5.56 Å². The maximum atomic E-state index is 13.8. The van der Waals surface area contributed by atoms with Crippen LogP contribution in [0.15, 0.2) is 48.5 Å². The number of Topliss-reactive ketones (excluding diaryl/α,β-unsaturated/α-hetero) is 1. The van der Waals surface area contributed by atoms with Crippen LogP contribution in [0.25, 0.3) is 0 Å². The van der Waals surface area contributed by atoms with Gasteiger partial charge in [-0.15, -0.1) is 0 Å². The van der Waals surface area contributed by atoms with E-state index in [1.807, 2.05) is 44.2 Å². The van der Waals surface area contributed by atoms with E-state index < -0.39 is 5.82 Å². The maximum absolute atomic E-state index is 13.8. The van der Waals surface area contributed by atoms with Gasteiger partial charge in [-0.2, -0.15) is 0 Å². The summed E-state index contributed by atoms with van der Waals surface area (Å²) in [6.07, 6.45) is 0.663. The molecule has 0 aromatic heterocycles. The van der Waals surface area contributed by atoms with E-state index in [1.54, 1.807) is 12.1 Å². The highest BCUT2D eigenvalue weighted by molar-refractivity contribution is 6.01. The van der Waals surface area contributed by atoms with E-state index in [0.29, 0.717) is 6.42 Å². The summed E-state index contributed by atoms with van der Waals surface area (Å²) in [5.74, 6) is -0.864. The van der Waals surface area contributed by atoms with Gasteiger partial charge in [0.15, 0.2) is 5.78 Å². The number of carbonyl (C=O) groups excluding carboxylic acids is 1. The lowest BCUT2D eigenvalue weighted by Crippen LogP contribution is -2.14. The Labute approximate surface area is 113 Å². The molecule has 0 bridgehead atoms. The average Bonchev–Trinajstić information content (AvgIpc) is 2.43. The van der Waals surface area contributed by atoms with Gasteiger partial charge in [0.1, 0.15) is 5.82 Å². The molecule has 98 valence electrons. The van der Waals surface area contributed by atoms with E-state index in [-0.39, 0.29) is 17.3 Å². The summed E-state index contributed by atoms with van der Waals surface area (Å²) in [7, 11) is 0. The Kier molecular flexibility index (Phi) is 4.10. The Morgan fingerprint density at radius 2 is 1.84 bits per heavy atom. The largest absolute Gasteiger partial charge is 0.293 e. The molecule has 2 rings (SSSR count). The van der Waals surface area contributed by atoms with E-state index in [1.165, 1.54) is 6.07 Å². The van der Waals surface area contributed by atoms with Gasteiger partial charge in [0.25, 0.3) is 0 Å². The second kappa shape index (κ2) is 5.79. The highest BCUT2D eigenvalue weighted by Gasteiger charge is 2.22. The molecule has 2 aromatic carbocycles. The van der Waals surface area contributed by atoms with Crippen molar-refractivity contribution in [2.75, 3.05) is 0 Å². The zero-order valence-electron chi connectivity index (χ0n) is 11.2. The van der Waals surface area contributed by atoms with Crippen LogP contribution in [0.5, 0.6) is 0 Å². The molecule has 0 aliphatic carbocycles. The van der Waals surface area contributed by atoms with Crippen molar-refractivity contribution in [3.05, 3.63) is 71.0 Å². The molecule has 0 heterocycles. The average molecular weight is 256 g/mol. The van der Waals surface area contributed by atoms with Crippen LogP contribution in [0.4, 0.5) is 4.39 Å². The monoisotopic (exact) mass is 256 g/mol. The van der Waals surface area contributed by atoms with Crippen molar-refractivity contribution in [2.45, 2.75) is 26.2 Å². The van der Waals surface area contributed by atoms with Gasteiger partial charge in [-0.05, 0) is 31.0 Å². The van der Waals surface area contributed by atoms with Crippen LogP contribution in [0.3, 0.4) is 0 Å². The zero-order valence-corrected chi connectivity index (χ0v) is 11.2. The number of benzene rings is 2. The Morgan fingerprint density at radius 1 is 1.16 bits per heavy atom. The lowest BCUT2D eigenvalue weighted by molar-refractivity contribution is 0.0953. The quantitative estimate of drug-likeness (QED) is 0.735. The van der Waals surface area contributed by atoms with E-state index in [4.69, 9.17) is 0 Å². The van der Waals surface area contributed by atoms with Gasteiger partial charge >= 0.3 is 0 Å². The zero-order chi connectivity index (χ0) is 13.8. The van der Waals surface area contributed by atoms with Crippen LogP contribution in [-0.2, 0) is 0 Å². The number of aryl methyl sites for hydroxylation is 1. The molecule has 2 heteroatoms. The van der Waals surface area contributed by atoms with Crippen molar-refractivity contribution in [1.82, 2.24) is 0 Å². The first-order valence-electron chi connectivity index (χ1n) is 6.48. The number of ketones is 1. The van der Waals surface area contributed by atoms with Crippen LogP contribution in [0, 0.1) is 12.7 Å². The second-order valence-corrected chi connectivity index (χ2v) is 4.72. The van der Waals surface area contributed by atoms with E-state index in [0.717, 1.165) is 11.1 Å². The number of rotatable bonds is 4. The van der Waals surface area contributed by atoms with Gasteiger partial charge < -0.3 is 0 Å². The number of halogens is 1. The normalized spacial score (nSPS) is 12.2. The molecule has 1 atom stereocenters. The molecule has 2 aromatic rings. The molecule has 19 heavy (non-hydrogen) atoms. The highest BCUT2D eigenvalue weighted by Crippen LogP contribution is 2.25. The van der Waals surface area contributed by atoms with Crippen LogP contribution >= 0.6 is 0 Å². The number of carbonyl (C=O) groups is 1. The fourth-order valence-electron chi connectivity index (χ4n) is 2.27. The molecule has 0 N–H and O–H groups in total. The van der Waals surface area contributed by atoms with Crippen molar-refractivity contribution in [3.63, 3.8) is 0 Å². The van der Waals surface area contributed by atoms with Crippen LogP contribution in [0.2, 0.25) is 0 Å². The molecular weight excluding hydrogens is 239 g/mol. The molecular formula is C17H17FO. The van der Waals surface area contributed by atoms with Crippen LogP contribution < -0.4 is 0 Å². The summed E-state index contributed by atoms with van der Waals surface area (Å²) in [4.78, 5) is 12.5. The Hall–Kier alpha value is -1.96. The second-order valence-electron chi connectivity index (χ2n) is 4.72. The predicted molar refractivity (Wildman–Crippen MR) is 74.9 cm³/mol. The molecule has 0 amide bonds. The standard InChI is InChI=1S/C17H17FO/c1-3-14(13-7-5-4-6-8-13)17(19)15-11-12(2)9-10-16(15)18/h4-11,14H,3H2,1-2H3. The summed E-state index contributed by atoms with van der Waals surface area (Å²) in [6, 6.07) is 14.2. The van der Waals surface area contributed by atoms with Crippen LogP contribution in [-0.4, -0.2) is 5.78 Å². The van der Waals surface area contributed by atoms with Gasteiger partial charge in [0, 0.05) is 5.92 Å². The summed E-state index contributed by atoms with van der Waals surface area (Å²) in [6.45, 7) is 3.81. The third kappa shape index (κ3) is 2.90. The highest BCUT2D eigenvalue weighted by atomic mass is 19.1. The van der Waals surface area contributed by atoms with Crippen molar-refractivity contribution in [2.24, 2.45) is 0 Å². The summed E-state index contributed by atoms with van der Waals surface area (Å²) < 4.78 is 13.8. The Bertz CT molecular complexity index is 575. The van der Waals surface area contributed by atoms with Crippen molar-refractivity contribution < 1.29 is 9.18 Å². The minimum Gasteiger partial charge on any atom is -0.293 e. The third-order valence-corrected chi connectivity index (χ3v) is 3.31. The van der Waals surface area contributed by atoms with Gasteiger partial charge in [0.2, 0.25) is 0 Å². The van der Waals surface area contributed by atoms with Crippen molar-refractivity contribution in [3.8, 4) is 0 Å². The molecule has 0 saturated carbocycles. The molecule has 0 saturated heterocycles. The number of hydrogen-bond donors (Lipinski definition) is 0. The Morgan fingerprint density at radius 3 is 2.47 bits per heavy atom. The molecule has 0 spiro atoms. The molecule has 0 radical (unpaired) electrons. The fourth-order valence-corrected chi connectivity index (χ4v) is 2.27. The van der Waals surface area contributed by atoms with E-state index in [2.05, 4.69) is 0 Å². The fraction of sp³-hybridized carbons (Fsp3) is 0.235. The summed E-state index contributed by atoms with van der Waals surface area (Å²) >= 11 is 0. The first-order chi connectivity index (χ1) is 9.13. The van der Waals surface area contributed by atoms with Crippen molar-refractivity contribution in [1.29, 1.82) is 0 Å². The number of hydrogen-bond acceptors (Lipinski definition) is 1. The molecule has 0 aliphatic rings. The molecule has 1 nitrogen and oxygen atoms in total. The topological polar surface area (TPSA) is 17.1 Å². The lowest BCUT2D eigenvalue weighted by Gasteiger charge is -2.15. The van der Waals surface area contributed by atoms with Gasteiger partial charge in [-0.1, -0.05) is 48.9 Å². The molecule has 0 fully saturated rings. The summed E-state index contributed by atoms with van der Waals surface area (Å²) in [5.41, 5.74) is 2.03. The van der Waals surface area contributed by atoms with Crippen LogP contribution in [0.1, 0.15) is 40.7 Å². The van der Waals surface area contributed by atoms with E-state index in [9.17, 15) is 9.18 Å². The lowest BCUT2D eigenvalue weighted by atomic mass is 9.88. The minimum absolute atomic E-state index is 0.144. The van der Waals surface area contributed by atoms with Crippen molar-refractivity contribution >= 4 is 5.78 Å². The van der Waals surface area contributed by atoms with Gasteiger partial charge in [-0.3, -0.25) is 4.79 Å². The molecule has 1 unspecified atom stereocenters. The first kappa shape index (κ1) is 13.5. The maximum Gasteiger partial charge on any atom is 0.173 e. The summed E-state index contributed by atoms with van der Waals surface area (Å²) in [5, 5.41) is 0. The third-order valence-electron chi connectivity index (χ3n) is 3.31.